The molecule has 2 aliphatic rings. The maximum atomic E-state index is 13.4. The summed E-state index contributed by atoms with van der Waals surface area (Å²) in [6.07, 6.45) is 5.62. The molecule has 160 valence electrons. The van der Waals surface area contributed by atoms with Crippen molar-refractivity contribution in [2.24, 2.45) is 0 Å². The van der Waals surface area contributed by atoms with Crippen molar-refractivity contribution in [2.45, 2.75) is 50.1 Å². The summed E-state index contributed by atoms with van der Waals surface area (Å²) in [5.74, 6) is -2.71. The van der Waals surface area contributed by atoms with Crippen LogP contribution in [0.3, 0.4) is 0 Å². The van der Waals surface area contributed by atoms with Gasteiger partial charge in [-0.1, -0.05) is 6.58 Å². The fraction of sp³-hybridized carbons (Fsp3) is 0.500. The standard InChI is InChI=1S/C20H24F2N6O2/c1-2-16(29)28-7-4-12(5-8-28)25-15-11-24-18-17(27-15)14(10-23-18)19(30)26-13-3-6-20(21,22)9-13/h2,10-13H,1,3-9H2,(H,23,24)(H,25,27)(H,26,30). The normalized spacial score (nSPS) is 21.5. The molecule has 1 aliphatic heterocycles. The van der Waals surface area contributed by atoms with Gasteiger partial charge in [0.2, 0.25) is 11.8 Å². The minimum Gasteiger partial charge on any atom is -0.366 e. The molecule has 10 heteroatoms. The van der Waals surface area contributed by atoms with Gasteiger partial charge in [-0.15, -0.1) is 0 Å². The van der Waals surface area contributed by atoms with Crippen molar-refractivity contribution < 1.29 is 18.4 Å². The molecule has 1 aliphatic carbocycles. The molecule has 1 saturated heterocycles. The van der Waals surface area contributed by atoms with Gasteiger partial charge in [0.25, 0.3) is 5.91 Å². The summed E-state index contributed by atoms with van der Waals surface area (Å²) < 4.78 is 26.8. The van der Waals surface area contributed by atoms with Crippen LogP contribution in [0.15, 0.2) is 25.0 Å². The number of hydrogen-bond acceptors (Lipinski definition) is 5. The van der Waals surface area contributed by atoms with Crippen LogP contribution < -0.4 is 10.6 Å². The highest BCUT2D eigenvalue weighted by molar-refractivity contribution is 6.04. The molecule has 1 unspecified atom stereocenters. The largest absolute Gasteiger partial charge is 0.366 e. The molecule has 0 aromatic carbocycles. The van der Waals surface area contributed by atoms with Crippen LogP contribution >= 0.6 is 0 Å². The molecule has 2 fully saturated rings. The van der Waals surface area contributed by atoms with Crippen molar-refractivity contribution in [3.05, 3.63) is 30.6 Å². The number of piperidine rings is 1. The first-order chi connectivity index (χ1) is 14.3. The zero-order valence-corrected chi connectivity index (χ0v) is 16.5. The van der Waals surface area contributed by atoms with Crippen LogP contribution in [0, 0.1) is 0 Å². The van der Waals surface area contributed by atoms with Crippen LogP contribution in [0.1, 0.15) is 42.5 Å². The fourth-order valence-electron chi connectivity index (χ4n) is 4.05. The third-order valence-electron chi connectivity index (χ3n) is 5.70. The highest BCUT2D eigenvalue weighted by atomic mass is 19.3. The highest BCUT2D eigenvalue weighted by Crippen LogP contribution is 2.35. The average Bonchev–Trinajstić information content (AvgIpc) is 3.30. The molecular weight excluding hydrogens is 394 g/mol. The molecule has 2 amide bonds. The predicted molar refractivity (Wildman–Crippen MR) is 107 cm³/mol. The first kappa shape index (κ1) is 20.2. The Morgan fingerprint density at radius 1 is 1.27 bits per heavy atom. The highest BCUT2D eigenvalue weighted by Gasteiger charge is 2.40. The fourth-order valence-corrected chi connectivity index (χ4v) is 4.05. The van der Waals surface area contributed by atoms with Crippen molar-refractivity contribution in [3.63, 3.8) is 0 Å². The molecule has 8 nitrogen and oxygen atoms in total. The first-order valence-electron chi connectivity index (χ1n) is 10.1. The molecule has 30 heavy (non-hydrogen) atoms. The first-order valence-corrected chi connectivity index (χ1v) is 10.1. The molecule has 0 spiro atoms. The van der Waals surface area contributed by atoms with Gasteiger partial charge in [0, 0.05) is 44.2 Å². The van der Waals surface area contributed by atoms with E-state index in [1.54, 1.807) is 11.1 Å². The number of hydrogen-bond donors (Lipinski definition) is 3. The van der Waals surface area contributed by atoms with Crippen molar-refractivity contribution >= 4 is 28.8 Å². The van der Waals surface area contributed by atoms with Crippen LogP contribution in [-0.2, 0) is 4.79 Å². The van der Waals surface area contributed by atoms with E-state index in [0.717, 1.165) is 12.8 Å². The molecule has 0 bridgehead atoms. The van der Waals surface area contributed by atoms with Crippen LogP contribution in [0.2, 0.25) is 0 Å². The van der Waals surface area contributed by atoms with E-state index in [1.165, 1.54) is 12.3 Å². The van der Waals surface area contributed by atoms with E-state index in [9.17, 15) is 18.4 Å². The number of carbonyl (C=O) groups is 2. The number of nitrogens with zero attached hydrogens (tertiary/aromatic N) is 3. The van der Waals surface area contributed by atoms with Gasteiger partial charge in [0.05, 0.1) is 11.8 Å². The number of aromatic amines is 1. The Balaban J connectivity index is 1.42. The Kier molecular flexibility index (Phi) is 5.40. The molecule has 2 aromatic rings. The Hall–Kier alpha value is -3.04. The van der Waals surface area contributed by atoms with Gasteiger partial charge in [-0.05, 0) is 25.3 Å². The summed E-state index contributed by atoms with van der Waals surface area (Å²) in [5.41, 5.74) is 1.12. The van der Waals surface area contributed by atoms with E-state index in [1.807, 2.05) is 0 Å². The summed E-state index contributed by atoms with van der Waals surface area (Å²) in [6.45, 7) is 4.76. The molecule has 4 rings (SSSR count). The lowest BCUT2D eigenvalue weighted by Crippen LogP contribution is -2.41. The van der Waals surface area contributed by atoms with Crippen molar-refractivity contribution in [1.82, 2.24) is 25.2 Å². The summed E-state index contributed by atoms with van der Waals surface area (Å²) in [4.78, 5) is 37.8. The Bertz CT molecular complexity index is 967. The number of amides is 2. The third kappa shape index (κ3) is 4.27. The molecule has 3 heterocycles. The maximum absolute atomic E-state index is 13.4. The minimum absolute atomic E-state index is 0.0716. The quantitative estimate of drug-likeness (QED) is 0.648. The monoisotopic (exact) mass is 418 g/mol. The lowest BCUT2D eigenvalue weighted by atomic mass is 10.1. The molecular formula is C20H24F2N6O2. The Labute approximate surface area is 172 Å². The molecule has 1 saturated carbocycles. The second-order valence-corrected chi connectivity index (χ2v) is 7.87. The van der Waals surface area contributed by atoms with E-state index in [0.29, 0.717) is 30.1 Å². The van der Waals surface area contributed by atoms with Crippen molar-refractivity contribution in [1.29, 1.82) is 0 Å². The van der Waals surface area contributed by atoms with Gasteiger partial charge in [0.15, 0.2) is 5.65 Å². The van der Waals surface area contributed by atoms with E-state index in [4.69, 9.17) is 0 Å². The average molecular weight is 418 g/mol. The zero-order chi connectivity index (χ0) is 21.3. The molecule has 0 radical (unpaired) electrons. The van der Waals surface area contributed by atoms with Crippen molar-refractivity contribution in [2.75, 3.05) is 18.4 Å². The van der Waals surface area contributed by atoms with Crippen molar-refractivity contribution in [3.8, 4) is 0 Å². The van der Waals surface area contributed by atoms with Gasteiger partial charge in [0.1, 0.15) is 11.3 Å². The summed E-state index contributed by atoms with van der Waals surface area (Å²) in [7, 11) is 0. The smallest absolute Gasteiger partial charge is 0.255 e. The van der Waals surface area contributed by atoms with Gasteiger partial charge >= 0.3 is 0 Å². The summed E-state index contributed by atoms with van der Waals surface area (Å²) in [6, 6.07) is -0.419. The number of halogens is 2. The molecule has 1 atom stereocenters. The van der Waals surface area contributed by atoms with Crippen LogP contribution in [0.25, 0.3) is 11.2 Å². The topological polar surface area (TPSA) is 103 Å². The number of rotatable bonds is 5. The number of alkyl halides is 2. The number of fused-ring (bicyclic) bond motifs is 1. The molecule has 3 N–H and O–H groups in total. The SMILES string of the molecule is C=CC(=O)N1CCC(Nc2cnc3[nH]cc(C(=O)NC4CCC(F)(F)C4)c3n2)CC1. The van der Waals surface area contributed by atoms with E-state index in [-0.39, 0.29) is 36.8 Å². The third-order valence-corrected chi connectivity index (χ3v) is 5.70. The summed E-state index contributed by atoms with van der Waals surface area (Å²) in [5, 5.41) is 5.99. The second kappa shape index (κ2) is 8.00. The lowest BCUT2D eigenvalue weighted by Gasteiger charge is -2.31. The minimum atomic E-state index is -2.72. The van der Waals surface area contributed by atoms with E-state index >= 15 is 0 Å². The second-order valence-electron chi connectivity index (χ2n) is 7.87. The number of anilines is 1. The van der Waals surface area contributed by atoms with E-state index < -0.39 is 17.9 Å². The van der Waals surface area contributed by atoms with Gasteiger partial charge in [-0.2, -0.15) is 0 Å². The Morgan fingerprint density at radius 3 is 2.70 bits per heavy atom. The number of H-pyrrole nitrogens is 1. The number of carbonyl (C=O) groups excluding carboxylic acids is 2. The Morgan fingerprint density at radius 2 is 2.03 bits per heavy atom. The lowest BCUT2D eigenvalue weighted by molar-refractivity contribution is -0.126. The van der Waals surface area contributed by atoms with E-state index in [2.05, 4.69) is 32.2 Å². The number of nitrogens with one attached hydrogen (secondary N) is 3. The van der Waals surface area contributed by atoms with Crippen LogP contribution in [-0.4, -0.2) is 62.8 Å². The summed E-state index contributed by atoms with van der Waals surface area (Å²) >= 11 is 0. The van der Waals surface area contributed by atoms with Gasteiger partial charge < -0.3 is 20.5 Å². The predicted octanol–water partition coefficient (Wildman–Crippen LogP) is 2.46. The van der Waals surface area contributed by atoms with Crippen LogP contribution in [0.5, 0.6) is 0 Å². The van der Waals surface area contributed by atoms with Gasteiger partial charge in [-0.3, -0.25) is 9.59 Å². The zero-order valence-electron chi connectivity index (χ0n) is 16.5. The van der Waals surface area contributed by atoms with Gasteiger partial charge in [-0.25, -0.2) is 18.7 Å². The van der Waals surface area contributed by atoms with Crippen LogP contribution in [0.4, 0.5) is 14.6 Å². The number of likely N-dealkylation sites (tertiary alicyclic amines) is 1. The maximum Gasteiger partial charge on any atom is 0.255 e. The number of aromatic nitrogens is 3. The molecule has 2 aromatic heterocycles.